The second-order valence-electron chi connectivity index (χ2n) is 7.63. The second-order valence-corrected chi connectivity index (χ2v) is 7.63. The average molecular weight is 459 g/mol. The molecule has 0 radical (unpaired) electrons. The van der Waals surface area contributed by atoms with Gasteiger partial charge in [-0.3, -0.25) is 9.59 Å². The highest BCUT2D eigenvalue weighted by atomic mass is 19.3. The molecule has 33 heavy (non-hydrogen) atoms. The van der Waals surface area contributed by atoms with Gasteiger partial charge in [0.2, 0.25) is 11.8 Å². The van der Waals surface area contributed by atoms with E-state index in [0.717, 1.165) is 18.4 Å². The lowest BCUT2D eigenvalue weighted by Gasteiger charge is -2.23. The monoisotopic (exact) mass is 458 g/mol. The van der Waals surface area contributed by atoms with Crippen molar-refractivity contribution in [3.8, 4) is 11.5 Å². The molecule has 1 N–H and O–H groups in total. The number of likely N-dealkylation sites (tertiary alicyclic amines) is 1. The molecule has 1 heterocycles. The number of carbonyl (C=O) groups is 2. The molecule has 8 heteroatoms. The van der Waals surface area contributed by atoms with Crippen LogP contribution in [-0.4, -0.2) is 49.1 Å². The number of benzene rings is 2. The molecular formula is C25H28F2N2O4. The minimum absolute atomic E-state index is 0.0763. The Morgan fingerprint density at radius 2 is 1.82 bits per heavy atom. The maximum absolute atomic E-state index is 13.0. The van der Waals surface area contributed by atoms with E-state index in [1.54, 1.807) is 17.9 Å². The lowest BCUT2D eigenvalue weighted by atomic mass is 10.0. The van der Waals surface area contributed by atoms with Crippen LogP contribution in [0.5, 0.6) is 11.5 Å². The Kier molecular flexibility index (Phi) is 8.80. The highest BCUT2D eigenvalue weighted by Crippen LogP contribution is 2.30. The Morgan fingerprint density at radius 3 is 2.48 bits per heavy atom. The van der Waals surface area contributed by atoms with Crippen molar-refractivity contribution < 1.29 is 27.8 Å². The summed E-state index contributed by atoms with van der Waals surface area (Å²) in [4.78, 5) is 27.4. The van der Waals surface area contributed by atoms with Crippen LogP contribution in [-0.2, 0) is 16.0 Å². The number of hydrogen-bond donors (Lipinski definition) is 1. The van der Waals surface area contributed by atoms with Gasteiger partial charge in [0.1, 0.15) is 6.04 Å². The molecule has 176 valence electrons. The summed E-state index contributed by atoms with van der Waals surface area (Å²) in [7, 11) is 0. The van der Waals surface area contributed by atoms with Crippen molar-refractivity contribution in [1.82, 2.24) is 10.2 Å². The first-order chi connectivity index (χ1) is 16.0. The Morgan fingerprint density at radius 1 is 1.09 bits per heavy atom. The minimum atomic E-state index is -2.97. The summed E-state index contributed by atoms with van der Waals surface area (Å²) in [5, 5.41) is 2.82. The lowest BCUT2D eigenvalue weighted by molar-refractivity contribution is -0.134. The molecule has 6 nitrogen and oxygen atoms in total. The van der Waals surface area contributed by atoms with Crippen molar-refractivity contribution in [1.29, 1.82) is 0 Å². The van der Waals surface area contributed by atoms with Crippen LogP contribution in [0.1, 0.15) is 30.9 Å². The van der Waals surface area contributed by atoms with Crippen molar-refractivity contribution in [2.45, 2.75) is 38.8 Å². The lowest BCUT2D eigenvalue weighted by Crippen LogP contribution is -2.48. The van der Waals surface area contributed by atoms with Gasteiger partial charge in [0.15, 0.2) is 11.5 Å². The van der Waals surface area contributed by atoms with Gasteiger partial charge in [-0.15, -0.1) is 0 Å². The Balaban J connectivity index is 1.71. The second kappa shape index (κ2) is 12.0. The predicted octanol–water partition coefficient (Wildman–Crippen LogP) is 4.05. The van der Waals surface area contributed by atoms with E-state index in [1.807, 2.05) is 30.3 Å². The van der Waals surface area contributed by atoms with E-state index in [0.29, 0.717) is 25.1 Å². The summed E-state index contributed by atoms with van der Waals surface area (Å²) in [6.07, 6.45) is 5.16. The number of amides is 2. The average Bonchev–Trinajstić information content (AvgIpc) is 3.34. The molecule has 2 aromatic carbocycles. The van der Waals surface area contributed by atoms with E-state index in [4.69, 9.17) is 4.74 Å². The third-order valence-electron chi connectivity index (χ3n) is 5.23. The molecule has 0 aliphatic carbocycles. The Bertz CT molecular complexity index is 960. The number of carbonyl (C=O) groups excluding carboxylic acids is 2. The summed E-state index contributed by atoms with van der Waals surface area (Å²) >= 11 is 0. The van der Waals surface area contributed by atoms with Crippen molar-refractivity contribution in [3.05, 3.63) is 65.7 Å². The van der Waals surface area contributed by atoms with Crippen LogP contribution < -0.4 is 14.8 Å². The minimum Gasteiger partial charge on any atom is -0.490 e. The SMILES string of the molecule is CCOc1cc(/C=C/C(=O)N[C@H](Cc2ccccc2)C(=O)N2CCCC2)ccc1OC(F)F. The highest BCUT2D eigenvalue weighted by molar-refractivity contribution is 5.95. The molecule has 1 aliphatic heterocycles. The fourth-order valence-electron chi connectivity index (χ4n) is 3.69. The van der Waals surface area contributed by atoms with Gasteiger partial charge in [0.05, 0.1) is 6.61 Å². The van der Waals surface area contributed by atoms with Crippen molar-refractivity contribution >= 4 is 17.9 Å². The number of nitrogens with zero attached hydrogens (tertiary/aromatic N) is 1. The van der Waals surface area contributed by atoms with Crippen molar-refractivity contribution in [3.63, 3.8) is 0 Å². The van der Waals surface area contributed by atoms with Gasteiger partial charge in [-0.2, -0.15) is 8.78 Å². The molecule has 0 spiro atoms. The van der Waals surface area contributed by atoms with Gasteiger partial charge in [-0.1, -0.05) is 36.4 Å². The number of ether oxygens (including phenoxy) is 2. The standard InChI is InChI=1S/C25H28F2N2O4/c1-2-32-22-17-19(10-12-21(22)33-25(26)27)11-13-23(30)28-20(16-18-8-4-3-5-9-18)24(31)29-14-6-7-15-29/h3-5,8-13,17,20,25H,2,6-7,14-16H2,1H3,(H,28,30)/b13-11+/t20-/m1/s1. The normalized spacial score (nSPS) is 14.5. The van der Waals surface area contributed by atoms with Crippen LogP contribution in [0.15, 0.2) is 54.6 Å². The molecule has 1 aliphatic rings. The molecule has 0 aromatic heterocycles. The highest BCUT2D eigenvalue weighted by Gasteiger charge is 2.27. The van der Waals surface area contributed by atoms with Crippen LogP contribution in [0.4, 0.5) is 8.78 Å². The van der Waals surface area contributed by atoms with Gasteiger partial charge in [0.25, 0.3) is 0 Å². The number of rotatable bonds is 10. The molecular weight excluding hydrogens is 430 g/mol. The molecule has 1 saturated heterocycles. The third-order valence-corrected chi connectivity index (χ3v) is 5.23. The largest absolute Gasteiger partial charge is 0.490 e. The first kappa shape index (κ1) is 24.2. The van der Waals surface area contributed by atoms with E-state index in [1.165, 1.54) is 24.3 Å². The summed E-state index contributed by atoms with van der Waals surface area (Å²) in [6.45, 7) is 0.428. The van der Waals surface area contributed by atoms with E-state index in [2.05, 4.69) is 10.1 Å². The molecule has 0 saturated carbocycles. The van der Waals surface area contributed by atoms with Gasteiger partial charge >= 0.3 is 6.61 Å². The summed E-state index contributed by atoms with van der Waals surface area (Å²) < 4.78 is 35.0. The maximum atomic E-state index is 13.0. The third kappa shape index (κ3) is 7.30. The van der Waals surface area contributed by atoms with E-state index >= 15 is 0 Å². The predicted molar refractivity (Wildman–Crippen MR) is 121 cm³/mol. The summed E-state index contributed by atoms with van der Waals surface area (Å²) in [6, 6.07) is 13.3. The van der Waals surface area contributed by atoms with Gasteiger partial charge in [-0.05, 0) is 49.1 Å². The van der Waals surface area contributed by atoms with Crippen LogP contribution in [0.3, 0.4) is 0 Å². The smallest absolute Gasteiger partial charge is 0.387 e. The van der Waals surface area contributed by atoms with Crippen molar-refractivity contribution in [2.24, 2.45) is 0 Å². The molecule has 1 atom stereocenters. The zero-order valence-corrected chi connectivity index (χ0v) is 18.5. The number of nitrogens with one attached hydrogen (secondary N) is 1. The van der Waals surface area contributed by atoms with Crippen LogP contribution in [0.2, 0.25) is 0 Å². The zero-order chi connectivity index (χ0) is 23.6. The van der Waals surface area contributed by atoms with E-state index in [-0.39, 0.29) is 24.0 Å². The van der Waals surface area contributed by atoms with E-state index < -0.39 is 18.6 Å². The van der Waals surface area contributed by atoms with Gasteiger partial charge in [0, 0.05) is 25.6 Å². The maximum Gasteiger partial charge on any atom is 0.387 e. The van der Waals surface area contributed by atoms with Crippen LogP contribution in [0.25, 0.3) is 6.08 Å². The fourth-order valence-corrected chi connectivity index (χ4v) is 3.69. The fraction of sp³-hybridized carbons (Fsp3) is 0.360. The molecule has 1 fully saturated rings. The van der Waals surface area contributed by atoms with Crippen molar-refractivity contribution in [2.75, 3.05) is 19.7 Å². The van der Waals surface area contributed by atoms with Crippen LogP contribution >= 0.6 is 0 Å². The summed E-state index contributed by atoms with van der Waals surface area (Å²) in [5.41, 5.74) is 1.52. The van der Waals surface area contributed by atoms with E-state index in [9.17, 15) is 18.4 Å². The topological polar surface area (TPSA) is 67.9 Å². The van der Waals surface area contributed by atoms with Gasteiger partial charge in [-0.25, -0.2) is 0 Å². The number of hydrogen-bond acceptors (Lipinski definition) is 4. The van der Waals surface area contributed by atoms with Crippen LogP contribution in [0, 0.1) is 0 Å². The first-order valence-corrected chi connectivity index (χ1v) is 11.0. The molecule has 0 bridgehead atoms. The first-order valence-electron chi connectivity index (χ1n) is 11.0. The molecule has 2 amide bonds. The van der Waals surface area contributed by atoms with Gasteiger partial charge < -0.3 is 19.7 Å². The Hall–Kier alpha value is -3.42. The zero-order valence-electron chi connectivity index (χ0n) is 18.5. The molecule has 3 rings (SSSR count). The number of halogens is 2. The summed E-state index contributed by atoms with van der Waals surface area (Å²) in [5.74, 6) is -0.432. The molecule has 2 aromatic rings. The molecule has 0 unspecified atom stereocenters. The number of alkyl halides is 2. The quantitative estimate of drug-likeness (QED) is 0.546. The Labute approximate surface area is 192 Å².